The lowest BCUT2D eigenvalue weighted by Gasteiger charge is -2.05. The van der Waals surface area contributed by atoms with Gasteiger partial charge in [-0.3, -0.25) is 14.9 Å². The number of nitrogens with one attached hydrogen (secondary N) is 2. The zero-order valence-corrected chi connectivity index (χ0v) is 9.79. The molecule has 0 aliphatic carbocycles. The molecule has 1 aromatic carbocycles. The summed E-state index contributed by atoms with van der Waals surface area (Å²) < 4.78 is 0. The van der Waals surface area contributed by atoms with E-state index in [4.69, 9.17) is 0 Å². The Morgan fingerprint density at radius 2 is 2.11 bits per heavy atom. The third kappa shape index (κ3) is 1.99. The van der Waals surface area contributed by atoms with Crippen LogP contribution in [0.4, 0.5) is 5.69 Å². The first kappa shape index (κ1) is 11.2. The number of phenols is 1. The van der Waals surface area contributed by atoms with Crippen LogP contribution in [0.15, 0.2) is 42.7 Å². The molecule has 2 heterocycles. The predicted molar refractivity (Wildman–Crippen MR) is 69.9 cm³/mol. The quantitative estimate of drug-likeness (QED) is 0.609. The maximum atomic E-state index is 12.1. The minimum atomic E-state index is -0.402. The van der Waals surface area contributed by atoms with Crippen molar-refractivity contribution in [3.8, 4) is 5.75 Å². The van der Waals surface area contributed by atoms with Gasteiger partial charge in [-0.05, 0) is 18.2 Å². The monoisotopic (exact) mass is 254 g/mol. The minimum Gasteiger partial charge on any atom is -0.506 e. The van der Waals surface area contributed by atoms with Crippen LogP contribution in [0.1, 0.15) is 10.5 Å². The molecular weight excluding hydrogens is 244 g/mol. The molecule has 0 saturated carbocycles. The van der Waals surface area contributed by atoms with E-state index < -0.39 is 5.91 Å². The summed E-state index contributed by atoms with van der Waals surface area (Å²) in [5.74, 6) is -0.394. The number of hydrogen-bond acceptors (Lipinski definition) is 4. The van der Waals surface area contributed by atoms with E-state index in [1.54, 1.807) is 36.7 Å². The van der Waals surface area contributed by atoms with Crippen molar-refractivity contribution in [3.05, 3.63) is 48.4 Å². The number of pyridine rings is 1. The number of phenolic OH excluding ortho intramolecular Hbond substituents is 1. The zero-order chi connectivity index (χ0) is 13.2. The van der Waals surface area contributed by atoms with Crippen molar-refractivity contribution in [1.29, 1.82) is 0 Å². The van der Waals surface area contributed by atoms with Crippen LogP contribution in [0.25, 0.3) is 10.9 Å². The number of aromatic amines is 1. The fourth-order valence-electron chi connectivity index (χ4n) is 1.79. The molecule has 6 heteroatoms. The van der Waals surface area contributed by atoms with Gasteiger partial charge < -0.3 is 10.4 Å². The van der Waals surface area contributed by atoms with Crippen LogP contribution in [-0.2, 0) is 0 Å². The molecule has 3 rings (SSSR count). The van der Waals surface area contributed by atoms with Crippen LogP contribution in [0, 0.1) is 0 Å². The second-order valence-electron chi connectivity index (χ2n) is 3.96. The second kappa shape index (κ2) is 4.41. The SMILES string of the molecule is O=C(Nc1ccccc1O)c1n[nH]c2ccncc12. The summed E-state index contributed by atoms with van der Waals surface area (Å²) in [6, 6.07) is 8.25. The Kier molecular flexibility index (Phi) is 2.60. The van der Waals surface area contributed by atoms with Crippen LogP contribution in [0.3, 0.4) is 0 Å². The number of fused-ring (bicyclic) bond motifs is 1. The van der Waals surface area contributed by atoms with E-state index in [0.29, 0.717) is 11.1 Å². The van der Waals surface area contributed by atoms with E-state index in [9.17, 15) is 9.90 Å². The average molecular weight is 254 g/mol. The Bertz CT molecular complexity index is 751. The number of hydrogen-bond donors (Lipinski definition) is 3. The highest BCUT2D eigenvalue weighted by Crippen LogP contribution is 2.23. The van der Waals surface area contributed by atoms with Gasteiger partial charge in [0, 0.05) is 12.4 Å². The summed E-state index contributed by atoms with van der Waals surface area (Å²) in [4.78, 5) is 16.1. The number of para-hydroxylation sites is 2. The Hall–Kier alpha value is -2.89. The molecule has 6 nitrogen and oxygen atoms in total. The summed E-state index contributed by atoms with van der Waals surface area (Å²) in [5.41, 5.74) is 1.32. The fourth-order valence-corrected chi connectivity index (χ4v) is 1.79. The fraction of sp³-hybridized carbons (Fsp3) is 0. The van der Waals surface area contributed by atoms with Crippen LogP contribution in [0.5, 0.6) is 5.75 Å². The summed E-state index contributed by atoms with van der Waals surface area (Å²) in [5, 5.41) is 19.6. The van der Waals surface area contributed by atoms with E-state index in [1.807, 2.05) is 0 Å². The number of amides is 1. The summed E-state index contributed by atoms with van der Waals surface area (Å²) in [6.45, 7) is 0. The van der Waals surface area contributed by atoms with Gasteiger partial charge in [0.1, 0.15) is 5.75 Å². The van der Waals surface area contributed by atoms with E-state index in [-0.39, 0.29) is 11.4 Å². The lowest BCUT2D eigenvalue weighted by atomic mass is 10.2. The zero-order valence-electron chi connectivity index (χ0n) is 9.79. The second-order valence-corrected chi connectivity index (χ2v) is 3.96. The Morgan fingerprint density at radius 3 is 2.95 bits per heavy atom. The molecule has 1 amide bonds. The molecule has 2 aromatic heterocycles. The van der Waals surface area contributed by atoms with Gasteiger partial charge in [0.25, 0.3) is 5.91 Å². The standard InChI is InChI=1S/C13H10N4O2/c18-11-4-2-1-3-10(11)15-13(19)12-8-7-14-6-5-9(8)16-17-12/h1-7,18H,(H,15,19)(H,16,17). The lowest BCUT2D eigenvalue weighted by molar-refractivity contribution is 0.102. The number of nitrogens with zero attached hydrogens (tertiary/aromatic N) is 2. The topological polar surface area (TPSA) is 90.9 Å². The Morgan fingerprint density at radius 1 is 1.26 bits per heavy atom. The largest absolute Gasteiger partial charge is 0.506 e. The predicted octanol–water partition coefficient (Wildman–Crippen LogP) is 1.92. The molecule has 0 fully saturated rings. The smallest absolute Gasteiger partial charge is 0.276 e. The van der Waals surface area contributed by atoms with Crippen molar-refractivity contribution < 1.29 is 9.90 Å². The van der Waals surface area contributed by atoms with Crippen LogP contribution in [-0.4, -0.2) is 26.2 Å². The van der Waals surface area contributed by atoms with Crippen LogP contribution in [0.2, 0.25) is 0 Å². The van der Waals surface area contributed by atoms with E-state index in [2.05, 4.69) is 20.5 Å². The Balaban J connectivity index is 1.95. The maximum absolute atomic E-state index is 12.1. The minimum absolute atomic E-state index is 0.00816. The molecule has 94 valence electrons. The normalized spacial score (nSPS) is 10.5. The molecule has 0 atom stereocenters. The highest BCUT2D eigenvalue weighted by molar-refractivity contribution is 6.11. The molecule has 0 unspecified atom stereocenters. The number of carbonyl (C=O) groups is 1. The van der Waals surface area contributed by atoms with Crippen molar-refractivity contribution in [3.63, 3.8) is 0 Å². The molecule has 0 aliphatic heterocycles. The highest BCUT2D eigenvalue weighted by atomic mass is 16.3. The molecule has 0 radical (unpaired) electrons. The number of H-pyrrole nitrogens is 1. The number of rotatable bonds is 2. The van der Waals surface area contributed by atoms with Crippen LogP contribution >= 0.6 is 0 Å². The van der Waals surface area contributed by atoms with Gasteiger partial charge in [-0.25, -0.2) is 0 Å². The molecule has 0 spiro atoms. The van der Waals surface area contributed by atoms with Crippen molar-refractivity contribution in [2.24, 2.45) is 0 Å². The van der Waals surface area contributed by atoms with Gasteiger partial charge in [0.05, 0.1) is 16.6 Å². The summed E-state index contributed by atoms with van der Waals surface area (Å²) in [6.07, 6.45) is 3.18. The van der Waals surface area contributed by atoms with Crippen LogP contribution < -0.4 is 5.32 Å². The van der Waals surface area contributed by atoms with E-state index >= 15 is 0 Å². The summed E-state index contributed by atoms with van der Waals surface area (Å²) >= 11 is 0. The Labute approximate surface area is 108 Å². The van der Waals surface area contributed by atoms with Gasteiger partial charge in [0.2, 0.25) is 0 Å². The van der Waals surface area contributed by atoms with Crippen molar-refractivity contribution in [1.82, 2.24) is 15.2 Å². The highest BCUT2D eigenvalue weighted by Gasteiger charge is 2.15. The first-order chi connectivity index (χ1) is 9.25. The molecule has 3 N–H and O–H groups in total. The maximum Gasteiger partial charge on any atom is 0.276 e. The van der Waals surface area contributed by atoms with Gasteiger partial charge in [-0.15, -0.1) is 0 Å². The number of benzene rings is 1. The first-order valence-electron chi connectivity index (χ1n) is 5.63. The lowest BCUT2D eigenvalue weighted by Crippen LogP contribution is -2.12. The number of aromatic hydroxyl groups is 1. The third-order valence-electron chi connectivity index (χ3n) is 2.73. The average Bonchev–Trinajstić information content (AvgIpc) is 2.85. The molecular formula is C13H10N4O2. The van der Waals surface area contributed by atoms with Crippen molar-refractivity contribution >= 4 is 22.5 Å². The molecule has 0 bridgehead atoms. The van der Waals surface area contributed by atoms with Crippen molar-refractivity contribution in [2.75, 3.05) is 5.32 Å². The van der Waals surface area contributed by atoms with Gasteiger partial charge in [0.15, 0.2) is 5.69 Å². The molecule has 19 heavy (non-hydrogen) atoms. The van der Waals surface area contributed by atoms with E-state index in [0.717, 1.165) is 5.52 Å². The first-order valence-corrected chi connectivity index (χ1v) is 5.63. The molecule has 0 saturated heterocycles. The van der Waals surface area contributed by atoms with Gasteiger partial charge in [-0.2, -0.15) is 5.10 Å². The third-order valence-corrected chi connectivity index (χ3v) is 2.73. The summed E-state index contributed by atoms with van der Waals surface area (Å²) in [7, 11) is 0. The van der Waals surface area contributed by atoms with Gasteiger partial charge in [-0.1, -0.05) is 12.1 Å². The van der Waals surface area contributed by atoms with E-state index in [1.165, 1.54) is 6.07 Å². The number of anilines is 1. The van der Waals surface area contributed by atoms with Gasteiger partial charge >= 0.3 is 0 Å². The van der Waals surface area contributed by atoms with Crippen molar-refractivity contribution in [2.45, 2.75) is 0 Å². The number of carbonyl (C=O) groups excluding carboxylic acids is 1. The number of aromatic nitrogens is 3. The molecule has 0 aliphatic rings. The molecule has 3 aromatic rings.